The van der Waals surface area contributed by atoms with Gasteiger partial charge in [-0.2, -0.15) is 10.5 Å². The van der Waals surface area contributed by atoms with E-state index in [-0.39, 0.29) is 5.57 Å². The summed E-state index contributed by atoms with van der Waals surface area (Å²) >= 11 is 7.03. The number of benzene rings is 1. The highest BCUT2D eigenvalue weighted by atomic mass is 32.2. The molecule has 0 bridgehead atoms. The van der Waals surface area contributed by atoms with Crippen LogP contribution < -0.4 is 9.75 Å². The summed E-state index contributed by atoms with van der Waals surface area (Å²) in [6, 6.07) is 16.2. The van der Waals surface area contributed by atoms with Crippen molar-refractivity contribution >= 4 is 66.1 Å². The van der Waals surface area contributed by atoms with Gasteiger partial charge >= 0.3 is 0 Å². The van der Waals surface area contributed by atoms with Gasteiger partial charge in [0, 0.05) is 23.5 Å². The number of nitriles is 2. The first-order valence-corrected chi connectivity index (χ1v) is 10.3. The molecular formula is C18H8N2S4. The lowest BCUT2D eigenvalue weighted by Gasteiger charge is -1.88. The van der Waals surface area contributed by atoms with Gasteiger partial charge in [0.1, 0.15) is 17.7 Å². The molecule has 4 rings (SSSR count). The third kappa shape index (κ3) is 2.79. The quantitative estimate of drug-likeness (QED) is 0.577. The van der Waals surface area contributed by atoms with Crippen molar-refractivity contribution < 1.29 is 0 Å². The Bertz CT molecular complexity index is 1250. The number of thiophene rings is 2. The topological polar surface area (TPSA) is 47.6 Å². The number of rotatable bonds is 0. The summed E-state index contributed by atoms with van der Waals surface area (Å²) in [5, 5.41) is 24.1. The lowest BCUT2D eigenvalue weighted by atomic mass is 10.1. The molecule has 2 nitrogen and oxygen atoms in total. The van der Waals surface area contributed by atoms with E-state index in [9.17, 15) is 0 Å². The number of nitrogens with zero attached hydrogens (tertiary/aromatic N) is 2. The van der Waals surface area contributed by atoms with Crippen molar-refractivity contribution in [2.45, 2.75) is 0 Å². The van der Waals surface area contributed by atoms with Crippen LogP contribution in [-0.2, 0) is 0 Å². The fraction of sp³-hybridized carbons (Fsp3) is 0. The molecule has 1 aromatic carbocycles. The second kappa shape index (κ2) is 6.51. The maximum absolute atomic E-state index is 9.03. The molecule has 1 aliphatic rings. The Kier molecular flexibility index (Phi) is 4.22. The van der Waals surface area contributed by atoms with Gasteiger partial charge < -0.3 is 0 Å². The van der Waals surface area contributed by atoms with E-state index in [4.69, 9.17) is 10.5 Å². The highest BCUT2D eigenvalue weighted by Crippen LogP contribution is 2.38. The van der Waals surface area contributed by atoms with Gasteiger partial charge in [-0.3, -0.25) is 0 Å². The fourth-order valence-electron chi connectivity index (χ4n) is 2.37. The molecule has 3 aromatic rings. The number of hydrogen-bond donors (Lipinski definition) is 0. The van der Waals surface area contributed by atoms with E-state index >= 15 is 0 Å². The number of hydrogen-bond acceptors (Lipinski definition) is 6. The Morgan fingerprint density at radius 3 is 2.29 bits per heavy atom. The van der Waals surface area contributed by atoms with E-state index in [1.54, 1.807) is 46.2 Å². The average molecular weight is 381 g/mol. The molecule has 114 valence electrons. The molecule has 24 heavy (non-hydrogen) atoms. The zero-order chi connectivity index (χ0) is 16.5. The molecule has 0 radical (unpaired) electrons. The lowest BCUT2D eigenvalue weighted by molar-refractivity contribution is 1.50. The smallest absolute Gasteiger partial charge is 0.136 e. The van der Waals surface area contributed by atoms with Gasteiger partial charge in [-0.25, -0.2) is 0 Å². The Hall–Kier alpha value is -1.96. The molecular weight excluding hydrogens is 372 g/mol. The van der Waals surface area contributed by atoms with Crippen molar-refractivity contribution in [3.63, 3.8) is 0 Å². The first-order valence-electron chi connectivity index (χ1n) is 6.95. The molecule has 0 saturated heterocycles. The van der Waals surface area contributed by atoms with Gasteiger partial charge in [-0.15, -0.1) is 22.7 Å². The first kappa shape index (κ1) is 15.6. The minimum atomic E-state index is 0.157. The Morgan fingerprint density at radius 2 is 1.54 bits per heavy atom. The van der Waals surface area contributed by atoms with Crippen LogP contribution in [0, 0.1) is 31.7 Å². The van der Waals surface area contributed by atoms with Gasteiger partial charge in [0.05, 0.1) is 4.24 Å². The van der Waals surface area contributed by atoms with Gasteiger partial charge in [-0.05, 0) is 40.5 Å². The highest BCUT2D eigenvalue weighted by molar-refractivity contribution is 8.34. The van der Waals surface area contributed by atoms with Crippen LogP contribution in [0.15, 0.2) is 47.2 Å². The largest absolute Gasteiger partial charge is 0.192 e. The SMILES string of the molecule is N#CC(C#N)=c1ccc2c/c(=c3/ccc(=C4SC=CS4)s3)sc2c1. The molecule has 0 fully saturated rings. The van der Waals surface area contributed by atoms with Crippen LogP contribution in [0.4, 0.5) is 0 Å². The van der Waals surface area contributed by atoms with Crippen molar-refractivity contribution in [1.82, 2.24) is 0 Å². The fourth-order valence-corrected chi connectivity index (χ4v) is 6.54. The molecule has 0 spiro atoms. The van der Waals surface area contributed by atoms with Crippen LogP contribution in [0.3, 0.4) is 0 Å². The molecule has 0 saturated carbocycles. The van der Waals surface area contributed by atoms with Crippen LogP contribution in [-0.4, -0.2) is 0 Å². The zero-order valence-corrected chi connectivity index (χ0v) is 15.4. The average Bonchev–Trinajstić information content (AvgIpc) is 3.34. The molecule has 6 heteroatoms. The van der Waals surface area contributed by atoms with Crippen molar-refractivity contribution in [1.29, 1.82) is 10.5 Å². The second-order valence-corrected chi connectivity index (χ2v) is 9.18. The molecule has 0 atom stereocenters. The van der Waals surface area contributed by atoms with Crippen molar-refractivity contribution in [3.05, 3.63) is 66.0 Å². The zero-order valence-electron chi connectivity index (χ0n) is 12.1. The van der Waals surface area contributed by atoms with E-state index in [1.165, 1.54) is 17.8 Å². The summed E-state index contributed by atoms with van der Waals surface area (Å²) in [6.45, 7) is 0. The maximum Gasteiger partial charge on any atom is 0.136 e. The summed E-state index contributed by atoms with van der Waals surface area (Å²) in [5.41, 5.74) is 0.157. The number of fused-ring (bicyclic) bond motifs is 1. The van der Waals surface area contributed by atoms with Gasteiger partial charge in [-0.1, -0.05) is 35.7 Å². The molecule has 0 aliphatic carbocycles. The summed E-state index contributed by atoms with van der Waals surface area (Å²) in [5.74, 6) is 0. The van der Waals surface area contributed by atoms with Crippen LogP contribution in [0.1, 0.15) is 0 Å². The molecule has 1 aliphatic heterocycles. The summed E-state index contributed by atoms with van der Waals surface area (Å²) in [4.78, 5) is 0. The second-order valence-electron chi connectivity index (χ2n) is 4.92. The lowest BCUT2D eigenvalue weighted by Crippen LogP contribution is -2.01. The monoisotopic (exact) mass is 380 g/mol. The third-order valence-corrected chi connectivity index (χ3v) is 8.30. The summed E-state index contributed by atoms with van der Waals surface area (Å²) < 4.78 is 6.19. The Balaban J connectivity index is 1.97. The van der Waals surface area contributed by atoms with Crippen LogP contribution in [0.2, 0.25) is 0 Å². The van der Waals surface area contributed by atoms with Gasteiger partial charge in [0.15, 0.2) is 0 Å². The molecule has 2 aromatic heterocycles. The third-order valence-electron chi connectivity index (χ3n) is 3.49. The highest BCUT2D eigenvalue weighted by Gasteiger charge is 2.05. The van der Waals surface area contributed by atoms with E-state index < -0.39 is 0 Å². The van der Waals surface area contributed by atoms with E-state index in [0.717, 1.165) is 10.1 Å². The van der Waals surface area contributed by atoms with E-state index in [2.05, 4.69) is 29.0 Å². The maximum atomic E-state index is 9.03. The Labute approximate surface area is 154 Å². The standard InChI is InChI=1S/C18H8N2S4/c19-9-13(10-20)11-1-2-12-8-17(24-16(12)7-11)14-3-4-15(23-14)18-21-5-6-22-18/h1-8H/b17-14+. The molecule has 0 unspecified atom stereocenters. The predicted octanol–water partition coefficient (Wildman–Crippen LogP) is 4.46. The van der Waals surface area contributed by atoms with E-state index in [1.807, 2.05) is 30.3 Å². The van der Waals surface area contributed by atoms with Crippen LogP contribution >= 0.6 is 46.2 Å². The van der Waals surface area contributed by atoms with E-state index in [0.29, 0.717) is 5.22 Å². The van der Waals surface area contributed by atoms with Crippen molar-refractivity contribution in [3.8, 4) is 12.1 Å². The summed E-state index contributed by atoms with van der Waals surface area (Å²) in [7, 11) is 0. The van der Waals surface area contributed by atoms with Crippen LogP contribution in [0.5, 0.6) is 0 Å². The van der Waals surface area contributed by atoms with Gasteiger partial charge in [0.25, 0.3) is 0 Å². The van der Waals surface area contributed by atoms with Crippen LogP contribution in [0.25, 0.3) is 19.9 Å². The predicted molar refractivity (Wildman–Crippen MR) is 105 cm³/mol. The van der Waals surface area contributed by atoms with Gasteiger partial charge in [0.2, 0.25) is 0 Å². The Morgan fingerprint density at radius 1 is 0.792 bits per heavy atom. The first-order chi connectivity index (χ1) is 11.8. The molecule has 0 amide bonds. The minimum absolute atomic E-state index is 0.157. The normalized spacial score (nSPS) is 14.7. The minimum Gasteiger partial charge on any atom is -0.192 e. The summed E-state index contributed by atoms with van der Waals surface area (Å²) in [6.07, 6.45) is 0. The number of thioether (sulfide) groups is 2. The van der Waals surface area contributed by atoms with Crippen molar-refractivity contribution in [2.24, 2.45) is 0 Å². The van der Waals surface area contributed by atoms with Crippen molar-refractivity contribution in [2.75, 3.05) is 0 Å². The molecule has 0 N–H and O–H groups in total. The molecule has 3 heterocycles.